The van der Waals surface area contributed by atoms with E-state index in [1.165, 1.54) is 22.4 Å². The average molecular weight is 416 g/mol. The van der Waals surface area contributed by atoms with Crippen molar-refractivity contribution in [2.75, 3.05) is 6.54 Å². The van der Waals surface area contributed by atoms with Crippen molar-refractivity contribution in [3.63, 3.8) is 0 Å². The molecule has 1 aliphatic heterocycles. The number of para-hydroxylation sites is 1. The minimum absolute atomic E-state index is 0.155. The molecule has 2 fully saturated rings. The van der Waals surface area contributed by atoms with Crippen LogP contribution in [0.25, 0.3) is 10.9 Å². The molecule has 5 nitrogen and oxygen atoms in total. The first-order valence-corrected chi connectivity index (χ1v) is 10.9. The maximum atomic E-state index is 13.3. The van der Waals surface area contributed by atoms with Gasteiger partial charge < -0.3 is 0 Å². The fraction of sp³-hybridized carbons (Fsp3) is 0.476. The number of rotatable bonds is 6. The Kier molecular flexibility index (Phi) is 4.91. The Balaban J connectivity index is 1.51. The standard InChI is InChI=1S/C21H22F2N4OS/c22-18(23)11-27-19(25-16-5-2-1-4-15(16)21(27)28)17-6-3-9-26(17)10-14-12-29-20(24-14)13-7-8-13/h1-2,4-5,12-13,17-18H,3,6-11H2. The van der Waals surface area contributed by atoms with E-state index in [1.807, 2.05) is 6.07 Å². The normalized spacial score (nSPS) is 20.2. The fourth-order valence-electron chi connectivity index (χ4n) is 4.18. The molecule has 2 aliphatic rings. The highest BCUT2D eigenvalue weighted by Gasteiger charge is 2.32. The van der Waals surface area contributed by atoms with Crippen molar-refractivity contribution >= 4 is 22.2 Å². The van der Waals surface area contributed by atoms with Crippen LogP contribution in [0.1, 0.15) is 54.2 Å². The van der Waals surface area contributed by atoms with Gasteiger partial charge in [-0.2, -0.15) is 0 Å². The zero-order chi connectivity index (χ0) is 20.0. The number of aromatic nitrogens is 3. The second-order valence-corrected chi connectivity index (χ2v) is 8.76. The number of likely N-dealkylation sites (tertiary alicyclic amines) is 1. The van der Waals surface area contributed by atoms with Crippen LogP contribution in [0.3, 0.4) is 0 Å². The molecule has 0 spiro atoms. The van der Waals surface area contributed by atoms with Crippen molar-refractivity contribution in [2.24, 2.45) is 0 Å². The second-order valence-electron chi connectivity index (χ2n) is 7.87. The number of fused-ring (bicyclic) bond motifs is 1. The number of hydrogen-bond acceptors (Lipinski definition) is 5. The van der Waals surface area contributed by atoms with Crippen molar-refractivity contribution in [2.45, 2.75) is 57.2 Å². The fourth-order valence-corrected chi connectivity index (χ4v) is 5.17. The minimum Gasteiger partial charge on any atom is -0.289 e. The first-order valence-electron chi connectivity index (χ1n) is 10.1. The van der Waals surface area contributed by atoms with Crippen molar-refractivity contribution < 1.29 is 8.78 Å². The Morgan fingerprint density at radius 1 is 1.17 bits per heavy atom. The van der Waals surface area contributed by atoms with Gasteiger partial charge in [0.05, 0.1) is 34.2 Å². The minimum atomic E-state index is -2.61. The Bertz CT molecular complexity index is 1090. The van der Waals surface area contributed by atoms with Gasteiger partial charge in [0.2, 0.25) is 0 Å². The predicted octanol–water partition coefficient (Wildman–Crippen LogP) is 4.33. The van der Waals surface area contributed by atoms with E-state index in [-0.39, 0.29) is 11.6 Å². The van der Waals surface area contributed by atoms with Gasteiger partial charge in [-0.25, -0.2) is 18.7 Å². The monoisotopic (exact) mass is 416 g/mol. The van der Waals surface area contributed by atoms with Crippen LogP contribution in [-0.4, -0.2) is 32.4 Å². The van der Waals surface area contributed by atoms with Crippen LogP contribution in [0.15, 0.2) is 34.4 Å². The summed E-state index contributed by atoms with van der Waals surface area (Å²) in [6.07, 6.45) is 1.58. The molecule has 1 atom stereocenters. The third kappa shape index (κ3) is 3.71. The number of benzene rings is 1. The lowest BCUT2D eigenvalue weighted by Crippen LogP contribution is -2.33. The van der Waals surface area contributed by atoms with Gasteiger partial charge in [0.1, 0.15) is 5.82 Å². The number of thiazole rings is 1. The molecule has 3 heterocycles. The Labute approximate surface area is 171 Å². The van der Waals surface area contributed by atoms with Gasteiger partial charge in [-0.15, -0.1) is 11.3 Å². The van der Waals surface area contributed by atoms with Gasteiger partial charge in [0, 0.05) is 17.8 Å². The summed E-state index contributed by atoms with van der Waals surface area (Å²) in [7, 11) is 0. The molecule has 0 N–H and O–H groups in total. The Morgan fingerprint density at radius 2 is 2.00 bits per heavy atom. The number of nitrogens with zero attached hydrogens (tertiary/aromatic N) is 4. The second kappa shape index (κ2) is 7.57. The summed E-state index contributed by atoms with van der Waals surface area (Å²) in [6, 6.07) is 6.82. The van der Waals surface area contributed by atoms with Gasteiger partial charge >= 0.3 is 0 Å². The Morgan fingerprint density at radius 3 is 2.79 bits per heavy atom. The van der Waals surface area contributed by atoms with E-state index >= 15 is 0 Å². The molecule has 1 unspecified atom stereocenters. The molecule has 29 heavy (non-hydrogen) atoms. The molecular weight excluding hydrogens is 394 g/mol. The molecule has 3 aromatic rings. The molecule has 1 saturated carbocycles. The predicted molar refractivity (Wildman–Crippen MR) is 108 cm³/mol. The summed E-state index contributed by atoms with van der Waals surface area (Å²) in [5.41, 5.74) is 1.20. The third-order valence-corrected chi connectivity index (χ3v) is 6.79. The van der Waals surface area contributed by atoms with Crippen molar-refractivity contribution in [1.29, 1.82) is 0 Å². The topological polar surface area (TPSA) is 51.0 Å². The van der Waals surface area contributed by atoms with Crippen LogP contribution in [0.5, 0.6) is 0 Å². The van der Waals surface area contributed by atoms with E-state index in [2.05, 4.69) is 15.3 Å². The summed E-state index contributed by atoms with van der Waals surface area (Å²) < 4.78 is 27.8. The van der Waals surface area contributed by atoms with Crippen LogP contribution >= 0.6 is 11.3 Å². The zero-order valence-corrected chi connectivity index (χ0v) is 16.7. The smallest absolute Gasteiger partial charge is 0.261 e. The zero-order valence-electron chi connectivity index (χ0n) is 15.9. The molecule has 1 aromatic carbocycles. The summed E-state index contributed by atoms with van der Waals surface area (Å²) in [5, 5.41) is 3.69. The van der Waals surface area contributed by atoms with E-state index in [1.54, 1.807) is 29.5 Å². The third-order valence-electron chi connectivity index (χ3n) is 5.73. The summed E-state index contributed by atoms with van der Waals surface area (Å²) >= 11 is 1.71. The molecule has 2 aromatic heterocycles. The summed E-state index contributed by atoms with van der Waals surface area (Å²) in [4.78, 5) is 24.6. The molecule has 152 valence electrons. The lowest BCUT2D eigenvalue weighted by atomic mass is 10.1. The van der Waals surface area contributed by atoms with Crippen LogP contribution < -0.4 is 5.56 Å². The van der Waals surface area contributed by atoms with Crippen molar-refractivity contribution in [1.82, 2.24) is 19.4 Å². The first-order chi connectivity index (χ1) is 14.1. The van der Waals surface area contributed by atoms with Gasteiger partial charge in [-0.05, 0) is 44.4 Å². The highest BCUT2D eigenvalue weighted by Crippen LogP contribution is 2.42. The van der Waals surface area contributed by atoms with Crippen molar-refractivity contribution in [3.05, 3.63) is 56.5 Å². The van der Waals surface area contributed by atoms with Crippen LogP contribution in [-0.2, 0) is 13.1 Å². The molecule has 1 saturated heterocycles. The largest absolute Gasteiger partial charge is 0.289 e. The number of hydrogen-bond donors (Lipinski definition) is 0. The molecule has 0 radical (unpaired) electrons. The molecular formula is C21H22F2N4OS. The lowest BCUT2D eigenvalue weighted by Gasteiger charge is -2.26. The quantitative estimate of drug-likeness (QED) is 0.600. The highest BCUT2D eigenvalue weighted by molar-refractivity contribution is 7.09. The van der Waals surface area contributed by atoms with Crippen molar-refractivity contribution in [3.8, 4) is 0 Å². The maximum absolute atomic E-state index is 13.3. The maximum Gasteiger partial charge on any atom is 0.261 e. The Hall–Kier alpha value is -2.19. The SMILES string of the molecule is O=c1c2ccccc2nc(C2CCCN2Cc2csc(C3CC3)n2)n1CC(F)F. The van der Waals surface area contributed by atoms with E-state index in [9.17, 15) is 13.6 Å². The van der Waals surface area contributed by atoms with E-state index in [0.717, 1.165) is 25.1 Å². The van der Waals surface area contributed by atoms with E-state index in [0.29, 0.717) is 29.2 Å². The first kappa shape index (κ1) is 18.8. The van der Waals surface area contributed by atoms with Gasteiger partial charge in [-0.3, -0.25) is 14.3 Å². The van der Waals surface area contributed by atoms with Crippen LogP contribution in [0, 0.1) is 0 Å². The lowest BCUT2D eigenvalue weighted by molar-refractivity contribution is 0.120. The van der Waals surface area contributed by atoms with Gasteiger partial charge in [-0.1, -0.05) is 12.1 Å². The van der Waals surface area contributed by atoms with E-state index < -0.39 is 13.0 Å². The summed E-state index contributed by atoms with van der Waals surface area (Å²) in [5.74, 6) is 1.07. The number of halogens is 2. The van der Waals surface area contributed by atoms with Crippen LogP contribution in [0.4, 0.5) is 8.78 Å². The molecule has 8 heteroatoms. The molecule has 5 rings (SSSR count). The molecule has 0 bridgehead atoms. The molecule has 0 amide bonds. The van der Waals surface area contributed by atoms with Gasteiger partial charge in [0.15, 0.2) is 0 Å². The van der Waals surface area contributed by atoms with Gasteiger partial charge in [0.25, 0.3) is 12.0 Å². The van der Waals surface area contributed by atoms with Crippen LogP contribution in [0.2, 0.25) is 0 Å². The average Bonchev–Trinajstić information content (AvgIpc) is 3.28. The summed E-state index contributed by atoms with van der Waals surface area (Å²) in [6.45, 7) is 0.877. The highest BCUT2D eigenvalue weighted by atomic mass is 32.1. The number of alkyl halides is 2. The van der Waals surface area contributed by atoms with E-state index in [4.69, 9.17) is 4.98 Å². The molecule has 1 aliphatic carbocycles.